The summed E-state index contributed by atoms with van der Waals surface area (Å²) in [5.74, 6) is -0.501. The number of phenolic OH excluding ortho intramolecular Hbond substituents is 1. The predicted octanol–water partition coefficient (Wildman–Crippen LogP) is 4.04. The van der Waals surface area contributed by atoms with Crippen LogP contribution in [0.4, 0.5) is 4.39 Å². The molecular weight excluding hydrogens is 265 g/mol. The molecule has 0 saturated heterocycles. The van der Waals surface area contributed by atoms with E-state index in [9.17, 15) is 9.50 Å². The molecule has 0 fully saturated rings. The number of rotatable bonds is 4. The smallest absolute Gasteiger partial charge is 0.127 e. The normalized spacial score (nSPS) is 12.4. The molecule has 4 heteroatoms. The molecule has 1 atom stereocenters. The maximum Gasteiger partial charge on any atom is 0.127 e. The molecule has 0 aliphatic carbocycles. The van der Waals surface area contributed by atoms with E-state index in [0.29, 0.717) is 17.1 Å². The molecule has 19 heavy (non-hydrogen) atoms. The predicted molar refractivity (Wildman–Crippen MR) is 74.8 cm³/mol. The van der Waals surface area contributed by atoms with E-state index in [0.717, 1.165) is 11.6 Å². The molecule has 0 bridgehead atoms. The van der Waals surface area contributed by atoms with Gasteiger partial charge in [0.2, 0.25) is 0 Å². The molecule has 0 heterocycles. The number of benzene rings is 2. The van der Waals surface area contributed by atoms with Crippen molar-refractivity contribution in [2.45, 2.75) is 19.5 Å². The average Bonchev–Trinajstić information content (AvgIpc) is 2.35. The van der Waals surface area contributed by atoms with Crippen molar-refractivity contribution in [1.82, 2.24) is 5.32 Å². The second kappa shape index (κ2) is 6.04. The number of phenols is 1. The van der Waals surface area contributed by atoms with E-state index in [1.807, 2.05) is 31.2 Å². The molecule has 0 spiro atoms. The van der Waals surface area contributed by atoms with E-state index >= 15 is 0 Å². The Morgan fingerprint density at radius 3 is 2.74 bits per heavy atom. The molecule has 1 unspecified atom stereocenters. The summed E-state index contributed by atoms with van der Waals surface area (Å²) in [7, 11) is 0. The van der Waals surface area contributed by atoms with Gasteiger partial charge in [0.1, 0.15) is 11.6 Å². The molecule has 0 amide bonds. The Hall–Kier alpha value is -1.58. The third-order valence-corrected chi connectivity index (χ3v) is 3.14. The van der Waals surface area contributed by atoms with Crippen molar-refractivity contribution in [3.05, 3.63) is 64.4 Å². The van der Waals surface area contributed by atoms with Gasteiger partial charge in [-0.3, -0.25) is 0 Å². The Balaban J connectivity index is 2.02. The Morgan fingerprint density at radius 2 is 2.05 bits per heavy atom. The van der Waals surface area contributed by atoms with Crippen molar-refractivity contribution < 1.29 is 9.50 Å². The highest BCUT2D eigenvalue weighted by Crippen LogP contribution is 2.19. The van der Waals surface area contributed by atoms with Crippen LogP contribution in [0.25, 0.3) is 0 Å². The van der Waals surface area contributed by atoms with Gasteiger partial charge in [0.05, 0.1) is 0 Å². The standard InChI is InChI=1S/C15H15ClFNO/c1-10(12-3-2-4-13(16)7-12)18-9-11-5-14(17)8-15(19)6-11/h2-8,10,18-19H,9H2,1H3. The molecular formula is C15H15ClFNO. The number of halogens is 2. The fourth-order valence-electron chi connectivity index (χ4n) is 1.90. The van der Waals surface area contributed by atoms with Crippen molar-refractivity contribution in [2.75, 3.05) is 0 Å². The van der Waals surface area contributed by atoms with Gasteiger partial charge in [-0.1, -0.05) is 23.7 Å². The summed E-state index contributed by atoms with van der Waals surface area (Å²) >= 11 is 5.94. The van der Waals surface area contributed by atoms with Gasteiger partial charge in [-0.2, -0.15) is 0 Å². The van der Waals surface area contributed by atoms with Gasteiger partial charge in [-0.05, 0) is 42.3 Å². The van der Waals surface area contributed by atoms with Crippen LogP contribution in [-0.2, 0) is 6.54 Å². The monoisotopic (exact) mass is 279 g/mol. The van der Waals surface area contributed by atoms with Gasteiger partial charge in [0.25, 0.3) is 0 Å². The molecule has 2 N–H and O–H groups in total. The molecule has 2 aromatic carbocycles. The quantitative estimate of drug-likeness (QED) is 0.885. The lowest BCUT2D eigenvalue weighted by atomic mass is 10.1. The van der Waals surface area contributed by atoms with Crippen LogP contribution in [0.5, 0.6) is 5.75 Å². The molecule has 0 aromatic heterocycles. The lowest BCUT2D eigenvalue weighted by molar-refractivity contribution is 0.466. The zero-order chi connectivity index (χ0) is 13.8. The van der Waals surface area contributed by atoms with Crippen LogP contribution in [-0.4, -0.2) is 5.11 Å². The number of hydrogen-bond donors (Lipinski definition) is 2. The number of aromatic hydroxyl groups is 1. The Morgan fingerprint density at radius 1 is 1.26 bits per heavy atom. The molecule has 2 aromatic rings. The highest BCUT2D eigenvalue weighted by atomic mass is 35.5. The van der Waals surface area contributed by atoms with E-state index in [-0.39, 0.29) is 11.8 Å². The van der Waals surface area contributed by atoms with Gasteiger partial charge in [-0.25, -0.2) is 4.39 Å². The van der Waals surface area contributed by atoms with Gasteiger partial charge < -0.3 is 10.4 Å². The van der Waals surface area contributed by atoms with E-state index in [2.05, 4.69) is 5.32 Å². The maximum absolute atomic E-state index is 13.1. The number of nitrogens with one attached hydrogen (secondary N) is 1. The van der Waals surface area contributed by atoms with Crippen LogP contribution in [0.1, 0.15) is 24.1 Å². The Bertz CT molecular complexity index is 554. The van der Waals surface area contributed by atoms with Crippen molar-refractivity contribution in [1.29, 1.82) is 0 Å². The van der Waals surface area contributed by atoms with E-state index in [1.165, 1.54) is 6.07 Å². The third kappa shape index (κ3) is 3.94. The third-order valence-electron chi connectivity index (χ3n) is 2.90. The highest BCUT2D eigenvalue weighted by molar-refractivity contribution is 6.30. The van der Waals surface area contributed by atoms with Gasteiger partial charge in [0.15, 0.2) is 0 Å². The zero-order valence-electron chi connectivity index (χ0n) is 10.5. The van der Waals surface area contributed by atoms with E-state index < -0.39 is 5.82 Å². The SMILES string of the molecule is CC(NCc1cc(O)cc(F)c1)c1cccc(Cl)c1. The van der Waals surface area contributed by atoms with E-state index in [4.69, 9.17) is 11.6 Å². The molecule has 0 aliphatic rings. The van der Waals surface area contributed by atoms with Gasteiger partial charge >= 0.3 is 0 Å². The fourth-order valence-corrected chi connectivity index (χ4v) is 2.10. The minimum absolute atomic E-state index is 0.0628. The van der Waals surface area contributed by atoms with Crippen molar-refractivity contribution in [3.63, 3.8) is 0 Å². The summed E-state index contributed by atoms with van der Waals surface area (Å²) in [5.41, 5.74) is 1.76. The second-order valence-corrected chi connectivity index (χ2v) is 4.91. The van der Waals surface area contributed by atoms with Crippen LogP contribution in [0.15, 0.2) is 42.5 Å². The van der Waals surface area contributed by atoms with Crippen LogP contribution < -0.4 is 5.32 Å². The lowest BCUT2D eigenvalue weighted by Crippen LogP contribution is -2.18. The molecule has 100 valence electrons. The van der Waals surface area contributed by atoms with Crippen LogP contribution in [0.2, 0.25) is 5.02 Å². The van der Waals surface area contributed by atoms with E-state index in [1.54, 1.807) is 6.07 Å². The maximum atomic E-state index is 13.1. The lowest BCUT2D eigenvalue weighted by Gasteiger charge is -2.14. The first-order valence-corrected chi connectivity index (χ1v) is 6.39. The number of hydrogen-bond acceptors (Lipinski definition) is 2. The summed E-state index contributed by atoms with van der Waals surface area (Å²) in [5, 5.41) is 13.3. The molecule has 0 aliphatic heterocycles. The largest absolute Gasteiger partial charge is 0.508 e. The minimum Gasteiger partial charge on any atom is -0.508 e. The first kappa shape index (κ1) is 13.8. The average molecular weight is 280 g/mol. The van der Waals surface area contributed by atoms with Crippen LogP contribution in [0.3, 0.4) is 0 Å². The summed E-state index contributed by atoms with van der Waals surface area (Å²) in [4.78, 5) is 0. The van der Waals surface area contributed by atoms with Gasteiger partial charge in [0, 0.05) is 23.7 Å². The topological polar surface area (TPSA) is 32.3 Å². The summed E-state index contributed by atoms with van der Waals surface area (Å²) in [6.07, 6.45) is 0. The van der Waals surface area contributed by atoms with Crippen molar-refractivity contribution >= 4 is 11.6 Å². The summed E-state index contributed by atoms with van der Waals surface area (Å²) in [6, 6.07) is 11.7. The Labute approximate surface area is 116 Å². The van der Waals surface area contributed by atoms with Crippen molar-refractivity contribution in [3.8, 4) is 5.75 Å². The second-order valence-electron chi connectivity index (χ2n) is 4.48. The fraction of sp³-hybridized carbons (Fsp3) is 0.200. The Kier molecular flexibility index (Phi) is 4.40. The first-order chi connectivity index (χ1) is 9.04. The summed E-state index contributed by atoms with van der Waals surface area (Å²) < 4.78 is 13.1. The first-order valence-electron chi connectivity index (χ1n) is 6.02. The highest BCUT2D eigenvalue weighted by Gasteiger charge is 2.06. The van der Waals surface area contributed by atoms with Crippen LogP contribution >= 0.6 is 11.6 Å². The minimum atomic E-state index is -0.438. The zero-order valence-corrected chi connectivity index (χ0v) is 11.3. The van der Waals surface area contributed by atoms with Gasteiger partial charge in [-0.15, -0.1) is 0 Å². The summed E-state index contributed by atoms with van der Waals surface area (Å²) in [6.45, 7) is 2.48. The molecule has 0 radical (unpaired) electrons. The van der Waals surface area contributed by atoms with Crippen molar-refractivity contribution in [2.24, 2.45) is 0 Å². The molecule has 0 saturated carbocycles. The molecule has 2 nitrogen and oxygen atoms in total. The van der Waals surface area contributed by atoms with Crippen LogP contribution in [0, 0.1) is 5.82 Å². The molecule has 2 rings (SSSR count).